The average molecular weight is 436 g/mol. The van der Waals surface area contributed by atoms with Crippen LogP contribution in [0.15, 0.2) is 4.99 Å². The van der Waals surface area contributed by atoms with Crippen LogP contribution in [0.25, 0.3) is 0 Å². The highest BCUT2D eigenvalue weighted by Gasteiger charge is 2.30. The van der Waals surface area contributed by atoms with Gasteiger partial charge in [-0.2, -0.15) is 0 Å². The number of hydrogen-bond donors (Lipinski definition) is 1. The summed E-state index contributed by atoms with van der Waals surface area (Å²) in [5, 5.41) is 3.49. The molecule has 2 fully saturated rings. The fourth-order valence-electron chi connectivity index (χ4n) is 3.56. The van der Waals surface area contributed by atoms with Crippen LogP contribution in [0.2, 0.25) is 0 Å². The molecular formula is C18H37IN4. The van der Waals surface area contributed by atoms with E-state index in [2.05, 4.69) is 42.8 Å². The van der Waals surface area contributed by atoms with Gasteiger partial charge in [0.25, 0.3) is 0 Å². The quantitative estimate of drug-likeness (QED) is 0.310. The minimum absolute atomic E-state index is 0. The standard InChI is InChI=1S/C18H36N4.HI/c1-5-19-17(20-11-8-10-18(2,3)4)22-14-9-16(15-22)21-12-6-7-13-21;/h16H,5-15H2,1-4H3,(H,19,20);1H. The zero-order valence-electron chi connectivity index (χ0n) is 15.6. The van der Waals surface area contributed by atoms with E-state index in [-0.39, 0.29) is 24.0 Å². The number of nitrogens with zero attached hydrogens (tertiary/aromatic N) is 3. The van der Waals surface area contributed by atoms with Crippen LogP contribution < -0.4 is 5.32 Å². The van der Waals surface area contributed by atoms with Crippen molar-refractivity contribution in [3.05, 3.63) is 0 Å². The van der Waals surface area contributed by atoms with Crippen molar-refractivity contribution in [2.45, 2.75) is 65.8 Å². The molecule has 1 N–H and O–H groups in total. The van der Waals surface area contributed by atoms with E-state index in [0.717, 1.165) is 38.2 Å². The minimum atomic E-state index is 0. The van der Waals surface area contributed by atoms with Crippen molar-refractivity contribution in [1.29, 1.82) is 0 Å². The molecule has 0 saturated carbocycles. The number of nitrogens with one attached hydrogen (secondary N) is 1. The first-order valence-electron chi connectivity index (χ1n) is 9.27. The van der Waals surface area contributed by atoms with Crippen LogP contribution in [0.4, 0.5) is 0 Å². The molecule has 0 amide bonds. The number of likely N-dealkylation sites (tertiary alicyclic amines) is 2. The van der Waals surface area contributed by atoms with Crippen molar-refractivity contribution in [3.8, 4) is 0 Å². The molecule has 0 aromatic rings. The van der Waals surface area contributed by atoms with Gasteiger partial charge in [0.1, 0.15) is 0 Å². The van der Waals surface area contributed by atoms with Crippen LogP contribution in [-0.2, 0) is 0 Å². The molecule has 0 aromatic heterocycles. The topological polar surface area (TPSA) is 30.9 Å². The molecule has 2 rings (SSSR count). The summed E-state index contributed by atoms with van der Waals surface area (Å²) >= 11 is 0. The normalized spacial score (nSPS) is 23.2. The molecule has 0 aliphatic carbocycles. The number of guanidine groups is 1. The van der Waals surface area contributed by atoms with E-state index in [4.69, 9.17) is 4.99 Å². The highest BCUT2D eigenvalue weighted by molar-refractivity contribution is 14.0. The Hall–Kier alpha value is -0.0400. The molecule has 0 aromatic carbocycles. The number of aliphatic imine (C=N–C) groups is 1. The molecule has 0 spiro atoms. The summed E-state index contributed by atoms with van der Waals surface area (Å²) in [4.78, 5) is 10.0. The number of rotatable bonds is 5. The monoisotopic (exact) mass is 436 g/mol. The second-order valence-corrected chi connectivity index (χ2v) is 8.03. The summed E-state index contributed by atoms with van der Waals surface area (Å²) in [6.45, 7) is 15.9. The fraction of sp³-hybridized carbons (Fsp3) is 0.944. The molecule has 2 aliphatic heterocycles. The van der Waals surface area contributed by atoms with Gasteiger partial charge in [-0.15, -0.1) is 24.0 Å². The predicted octanol–water partition coefficient (Wildman–Crippen LogP) is 3.57. The third-order valence-electron chi connectivity index (χ3n) is 4.80. The highest BCUT2D eigenvalue weighted by Crippen LogP contribution is 2.21. The van der Waals surface area contributed by atoms with E-state index in [1.54, 1.807) is 0 Å². The third-order valence-corrected chi connectivity index (χ3v) is 4.80. The van der Waals surface area contributed by atoms with Crippen LogP contribution in [0.5, 0.6) is 0 Å². The van der Waals surface area contributed by atoms with Crippen LogP contribution in [0.1, 0.15) is 59.8 Å². The van der Waals surface area contributed by atoms with Crippen molar-refractivity contribution in [2.75, 3.05) is 39.3 Å². The summed E-state index contributed by atoms with van der Waals surface area (Å²) in [5.41, 5.74) is 0.419. The molecule has 23 heavy (non-hydrogen) atoms. The Bertz CT molecular complexity index is 359. The van der Waals surface area contributed by atoms with Crippen LogP contribution in [-0.4, -0.2) is 61.1 Å². The third kappa shape index (κ3) is 7.16. The van der Waals surface area contributed by atoms with Crippen LogP contribution >= 0.6 is 24.0 Å². The second-order valence-electron chi connectivity index (χ2n) is 8.03. The largest absolute Gasteiger partial charge is 0.357 e. The minimum Gasteiger partial charge on any atom is -0.357 e. The SMILES string of the molecule is CCNC(=NCCCC(C)(C)C)N1CCC(N2CCCC2)C1.I. The van der Waals surface area contributed by atoms with Crippen molar-refractivity contribution < 1.29 is 0 Å². The van der Waals surface area contributed by atoms with Gasteiger partial charge in [0.2, 0.25) is 0 Å². The Morgan fingerprint density at radius 2 is 1.87 bits per heavy atom. The van der Waals surface area contributed by atoms with E-state index >= 15 is 0 Å². The summed E-state index contributed by atoms with van der Waals surface area (Å²) in [6.07, 6.45) is 6.50. The van der Waals surface area contributed by atoms with E-state index in [1.165, 1.54) is 45.2 Å². The molecule has 0 radical (unpaired) electrons. The zero-order chi connectivity index (χ0) is 16.0. The molecule has 4 nitrogen and oxygen atoms in total. The summed E-state index contributed by atoms with van der Waals surface area (Å²) in [6, 6.07) is 0.751. The highest BCUT2D eigenvalue weighted by atomic mass is 127. The Balaban J connectivity index is 0.00000264. The van der Waals surface area contributed by atoms with Gasteiger partial charge in [-0.3, -0.25) is 9.89 Å². The van der Waals surface area contributed by atoms with Gasteiger partial charge < -0.3 is 10.2 Å². The Morgan fingerprint density at radius 1 is 1.17 bits per heavy atom. The zero-order valence-corrected chi connectivity index (χ0v) is 17.9. The van der Waals surface area contributed by atoms with Crippen molar-refractivity contribution >= 4 is 29.9 Å². The first kappa shape index (κ1) is 21.0. The number of halogens is 1. The molecule has 2 heterocycles. The summed E-state index contributed by atoms with van der Waals surface area (Å²) < 4.78 is 0. The van der Waals surface area contributed by atoms with Gasteiger partial charge >= 0.3 is 0 Å². The number of hydrogen-bond acceptors (Lipinski definition) is 2. The second kappa shape index (κ2) is 10.1. The fourth-order valence-corrected chi connectivity index (χ4v) is 3.56. The molecule has 1 unspecified atom stereocenters. The van der Waals surface area contributed by atoms with Gasteiger partial charge in [0.15, 0.2) is 5.96 Å². The molecule has 1 atom stereocenters. The van der Waals surface area contributed by atoms with Crippen molar-refractivity contribution in [1.82, 2.24) is 15.1 Å². The lowest BCUT2D eigenvalue weighted by atomic mass is 9.91. The first-order valence-corrected chi connectivity index (χ1v) is 9.27. The molecule has 0 bridgehead atoms. The smallest absolute Gasteiger partial charge is 0.193 e. The summed E-state index contributed by atoms with van der Waals surface area (Å²) in [5.74, 6) is 1.14. The predicted molar refractivity (Wildman–Crippen MR) is 111 cm³/mol. The molecular weight excluding hydrogens is 399 g/mol. The maximum absolute atomic E-state index is 4.87. The van der Waals surface area contributed by atoms with E-state index in [1.807, 2.05) is 0 Å². The average Bonchev–Trinajstić information content (AvgIpc) is 3.10. The van der Waals surface area contributed by atoms with E-state index in [0.29, 0.717) is 5.41 Å². The Labute approximate surface area is 160 Å². The van der Waals surface area contributed by atoms with E-state index < -0.39 is 0 Å². The Morgan fingerprint density at radius 3 is 2.48 bits per heavy atom. The van der Waals surface area contributed by atoms with Gasteiger partial charge in [-0.05, 0) is 57.5 Å². The lowest BCUT2D eigenvalue weighted by Gasteiger charge is -2.25. The van der Waals surface area contributed by atoms with Crippen molar-refractivity contribution in [3.63, 3.8) is 0 Å². The van der Waals surface area contributed by atoms with Gasteiger partial charge in [0, 0.05) is 32.2 Å². The molecule has 5 heteroatoms. The van der Waals surface area contributed by atoms with Crippen LogP contribution in [0, 0.1) is 5.41 Å². The maximum atomic E-state index is 4.87. The van der Waals surface area contributed by atoms with Gasteiger partial charge in [0.05, 0.1) is 0 Å². The molecule has 2 saturated heterocycles. The lowest BCUT2D eigenvalue weighted by Crippen LogP contribution is -2.42. The Kier molecular flexibility index (Phi) is 9.19. The molecule has 2 aliphatic rings. The van der Waals surface area contributed by atoms with Gasteiger partial charge in [-0.25, -0.2) is 0 Å². The summed E-state index contributed by atoms with van der Waals surface area (Å²) in [7, 11) is 0. The van der Waals surface area contributed by atoms with Crippen molar-refractivity contribution in [2.24, 2.45) is 10.4 Å². The van der Waals surface area contributed by atoms with Gasteiger partial charge in [-0.1, -0.05) is 20.8 Å². The first-order chi connectivity index (χ1) is 10.5. The molecule has 136 valence electrons. The van der Waals surface area contributed by atoms with Crippen LogP contribution in [0.3, 0.4) is 0 Å². The van der Waals surface area contributed by atoms with E-state index in [9.17, 15) is 0 Å². The maximum Gasteiger partial charge on any atom is 0.193 e. The lowest BCUT2D eigenvalue weighted by molar-refractivity contribution is 0.249.